The second kappa shape index (κ2) is 7.55. The lowest BCUT2D eigenvalue weighted by Crippen LogP contribution is -2.13. The first kappa shape index (κ1) is 18.1. The number of phenolic OH excluding ortho intramolecular Hbond substituents is 2. The minimum Gasteiger partial charge on any atom is -0.507 e. The highest BCUT2D eigenvalue weighted by Gasteiger charge is 2.13. The van der Waals surface area contributed by atoms with Crippen molar-refractivity contribution in [3.05, 3.63) is 55.6 Å². The highest BCUT2D eigenvalue weighted by atomic mass is 127. The van der Waals surface area contributed by atoms with Crippen LogP contribution in [0.5, 0.6) is 11.5 Å². The molecule has 0 fully saturated rings. The summed E-state index contributed by atoms with van der Waals surface area (Å²) in [7, 11) is 0. The summed E-state index contributed by atoms with van der Waals surface area (Å²) in [6.45, 7) is 1.84. The molecule has 3 N–H and O–H groups in total. The van der Waals surface area contributed by atoms with Crippen molar-refractivity contribution in [2.24, 2.45) is 0 Å². The summed E-state index contributed by atoms with van der Waals surface area (Å²) in [5.74, 6) is -0.936. The Balaban J connectivity index is 2.30. The lowest BCUT2D eigenvalue weighted by molar-refractivity contribution is -0.112. The number of nitrogens with zero attached hydrogens (tertiary/aromatic N) is 1. The van der Waals surface area contributed by atoms with E-state index < -0.39 is 5.91 Å². The van der Waals surface area contributed by atoms with Crippen molar-refractivity contribution in [1.82, 2.24) is 0 Å². The van der Waals surface area contributed by atoms with E-state index in [1.165, 1.54) is 12.1 Å². The van der Waals surface area contributed by atoms with Crippen molar-refractivity contribution in [3.8, 4) is 17.6 Å². The molecule has 0 bridgehead atoms. The zero-order valence-electron chi connectivity index (χ0n) is 12.5. The zero-order valence-corrected chi connectivity index (χ0v) is 15.4. The third-order valence-electron chi connectivity index (χ3n) is 3.19. The lowest BCUT2D eigenvalue weighted by Gasteiger charge is -2.07. The van der Waals surface area contributed by atoms with Gasteiger partial charge in [0.2, 0.25) is 0 Å². The first-order valence-corrected chi connectivity index (χ1v) is 8.18. The normalized spacial score (nSPS) is 11.0. The largest absolute Gasteiger partial charge is 0.507 e. The van der Waals surface area contributed by atoms with Gasteiger partial charge in [-0.05, 0) is 59.4 Å². The Hall–Kier alpha value is -2.24. The van der Waals surface area contributed by atoms with E-state index in [9.17, 15) is 20.3 Å². The van der Waals surface area contributed by atoms with Crippen LogP contribution >= 0.6 is 34.2 Å². The van der Waals surface area contributed by atoms with Gasteiger partial charge in [-0.25, -0.2) is 0 Å². The maximum atomic E-state index is 12.2. The van der Waals surface area contributed by atoms with Gasteiger partial charge in [0.05, 0.1) is 3.57 Å². The summed E-state index contributed by atoms with van der Waals surface area (Å²) < 4.78 is 0.486. The third-order valence-corrected chi connectivity index (χ3v) is 4.46. The smallest absolute Gasteiger partial charge is 0.266 e. The molecule has 0 heterocycles. The predicted octanol–water partition coefficient (Wildman–Crippen LogP) is 4.21. The SMILES string of the molecule is Cc1ccc(NC(=O)/C(C#N)=C\c2cc(I)c(O)cc2O)cc1Cl. The Morgan fingerprint density at radius 2 is 2.00 bits per heavy atom. The van der Waals surface area contributed by atoms with Crippen LogP contribution in [0.4, 0.5) is 5.69 Å². The second-order valence-electron chi connectivity index (χ2n) is 4.95. The Labute approximate surface area is 157 Å². The van der Waals surface area contributed by atoms with Gasteiger partial charge in [-0.15, -0.1) is 0 Å². The van der Waals surface area contributed by atoms with Gasteiger partial charge in [-0.1, -0.05) is 17.7 Å². The van der Waals surface area contributed by atoms with Crippen LogP contribution in [-0.4, -0.2) is 16.1 Å². The summed E-state index contributed by atoms with van der Waals surface area (Å²) in [4.78, 5) is 12.2. The van der Waals surface area contributed by atoms with E-state index in [-0.39, 0.29) is 22.6 Å². The fourth-order valence-corrected chi connectivity index (χ4v) is 2.53. The van der Waals surface area contributed by atoms with Crippen LogP contribution in [0.3, 0.4) is 0 Å². The molecule has 7 heteroatoms. The van der Waals surface area contributed by atoms with E-state index in [1.807, 2.05) is 29.5 Å². The Bertz CT molecular complexity index is 888. The number of amides is 1. The number of carbonyl (C=O) groups is 1. The van der Waals surface area contributed by atoms with Gasteiger partial charge in [0.25, 0.3) is 5.91 Å². The monoisotopic (exact) mass is 454 g/mol. The molecule has 0 saturated heterocycles. The molecule has 0 atom stereocenters. The van der Waals surface area contributed by atoms with Crippen LogP contribution in [0, 0.1) is 21.8 Å². The highest BCUT2D eigenvalue weighted by molar-refractivity contribution is 14.1. The molecule has 5 nitrogen and oxygen atoms in total. The van der Waals surface area contributed by atoms with Gasteiger partial charge in [-0.2, -0.15) is 5.26 Å². The summed E-state index contributed by atoms with van der Waals surface area (Å²) in [6, 6.07) is 9.44. The zero-order chi connectivity index (χ0) is 17.9. The van der Waals surface area contributed by atoms with E-state index in [0.717, 1.165) is 11.6 Å². The van der Waals surface area contributed by atoms with Crippen LogP contribution in [0.25, 0.3) is 6.08 Å². The average Bonchev–Trinajstić information content (AvgIpc) is 2.53. The van der Waals surface area contributed by atoms with Crippen LogP contribution < -0.4 is 5.32 Å². The van der Waals surface area contributed by atoms with E-state index in [0.29, 0.717) is 14.3 Å². The van der Waals surface area contributed by atoms with Crippen molar-refractivity contribution in [3.63, 3.8) is 0 Å². The molecule has 2 rings (SSSR count). The fraction of sp³-hybridized carbons (Fsp3) is 0.0588. The Morgan fingerprint density at radius 3 is 2.62 bits per heavy atom. The first-order valence-electron chi connectivity index (χ1n) is 6.72. The summed E-state index contributed by atoms with van der Waals surface area (Å²) >= 11 is 7.88. The number of carbonyl (C=O) groups excluding carboxylic acids is 1. The van der Waals surface area contributed by atoms with Gasteiger partial charge >= 0.3 is 0 Å². The number of aromatic hydroxyl groups is 2. The Morgan fingerprint density at radius 1 is 1.29 bits per heavy atom. The van der Waals surface area contributed by atoms with E-state index >= 15 is 0 Å². The number of hydrogen-bond acceptors (Lipinski definition) is 4. The van der Waals surface area contributed by atoms with Crippen LogP contribution in [0.1, 0.15) is 11.1 Å². The molecular formula is C17H12ClIN2O3. The molecule has 0 spiro atoms. The first-order chi connectivity index (χ1) is 11.3. The average molecular weight is 455 g/mol. The number of phenols is 2. The molecule has 2 aromatic carbocycles. The summed E-state index contributed by atoms with van der Waals surface area (Å²) in [5, 5.41) is 31.6. The van der Waals surface area contributed by atoms with Gasteiger partial charge in [0.1, 0.15) is 23.1 Å². The minimum atomic E-state index is -0.625. The molecule has 0 saturated carbocycles. The van der Waals surface area contributed by atoms with Crippen molar-refractivity contribution in [2.45, 2.75) is 6.92 Å². The van der Waals surface area contributed by atoms with Crippen LogP contribution in [-0.2, 0) is 4.79 Å². The number of halogens is 2. The number of nitriles is 1. The number of hydrogen-bond donors (Lipinski definition) is 3. The topological polar surface area (TPSA) is 93.4 Å². The number of rotatable bonds is 3. The third kappa shape index (κ3) is 4.19. The summed E-state index contributed by atoms with van der Waals surface area (Å²) in [5.41, 5.74) is 1.39. The molecule has 1 amide bonds. The van der Waals surface area contributed by atoms with Gasteiger partial charge in [0.15, 0.2) is 0 Å². The molecule has 0 aliphatic rings. The highest BCUT2D eigenvalue weighted by Crippen LogP contribution is 2.30. The maximum absolute atomic E-state index is 12.2. The van der Waals surface area contributed by atoms with E-state index in [2.05, 4.69) is 5.32 Å². The van der Waals surface area contributed by atoms with Gasteiger partial charge in [-0.3, -0.25) is 4.79 Å². The van der Waals surface area contributed by atoms with Crippen molar-refractivity contribution in [1.29, 1.82) is 5.26 Å². The van der Waals surface area contributed by atoms with Crippen LogP contribution in [0.15, 0.2) is 35.9 Å². The molecule has 2 aromatic rings. The summed E-state index contributed by atoms with van der Waals surface area (Å²) in [6.07, 6.45) is 1.25. The van der Waals surface area contributed by atoms with Gasteiger partial charge < -0.3 is 15.5 Å². The molecule has 24 heavy (non-hydrogen) atoms. The molecule has 0 radical (unpaired) electrons. The fourth-order valence-electron chi connectivity index (χ4n) is 1.85. The lowest BCUT2D eigenvalue weighted by atomic mass is 10.1. The molecule has 0 aliphatic heterocycles. The van der Waals surface area contributed by atoms with Crippen LogP contribution in [0.2, 0.25) is 5.02 Å². The van der Waals surface area contributed by atoms with Crippen molar-refractivity contribution < 1.29 is 15.0 Å². The molecule has 122 valence electrons. The maximum Gasteiger partial charge on any atom is 0.266 e. The standard InChI is InChI=1S/C17H12ClIN2O3/c1-9-2-3-12(6-13(9)18)21-17(24)11(8-20)4-10-5-14(19)16(23)7-15(10)22/h2-7,22-23H,1H3,(H,21,24)/b11-4-. The molecule has 0 aromatic heterocycles. The number of benzene rings is 2. The van der Waals surface area contributed by atoms with Crippen molar-refractivity contribution in [2.75, 3.05) is 5.32 Å². The molecular weight excluding hydrogens is 443 g/mol. The van der Waals surface area contributed by atoms with E-state index in [4.69, 9.17) is 11.6 Å². The number of nitrogens with one attached hydrogen (secondary N) is 1. The quantitative estimate of drug-likeness (QED) is 0.368. The van der Waals surface area contributed by atoms with Crippen molar-refractivity contribution >= 4 is 51.9 Å². The minimum absolute atomic E-state index is 0.0810. The molecule has 0 unspecified atom stereocenters. The second-order valence-corrected chi connectivity index (χ2v) is 6.52. The Kier molecular flexibility index (Phi) is 5.70. The number of aryl methyl sites for hydroxylation is 1. The molecule has 0 aliphatic carbocycles. The predicted molar refractivity (Wildman–Crippen MR) is 101 cm³/mol. The van der Waals surface area contributed by atoms with E-state index in [1.54, 1.807) is 24.3 Å². The number of anilines is 1. The van der Waals surface area contributed by atoms with Gasteiger partial charge in [0, 0.05) is 22.3 Å².